The molecule has 338 valence electrons. The number of aliphatic hydroxyl groups is 8. The summed E-state index contributed by atoms with van der Waals surface area (Å²) in [6.07, 6.45) is 16.3. The lowest BCUT2D eigenvalue weighted by Gasteiger charge is -2.46. The molecule has 14 heteroatoms. The van der Waals surface area contributed by atoms with Gasteiger partial charge >= 0.3 is 0 Å². The van der Waals surface area contributed by atoms with Gasteiger partial charge in [-0.3, -0.25) is 4.79 Å². The average molecular weight is 830 g/mol. The van der Waals surface area contributed by atoms with Crippen molar-refractivity contribution in [1.29, 1.82) is 0 Å². The Bertz CT molecular complexity index is 1120. The Balaban J connectivity index is 1.93. The molecule has 0 aromatic carbocycles. The fraction of sp³-hybridized carbons (Fsp3) is 0.841. The van der Waals surface area contributed by atoms with Crippen LogP contribution in [0, 0.1) is 0 Å². The summed E-state index contributed by atoms with van der Waals surface area (Å²) in [7, 11) is 0. The van der Waals surface area contributed by atoms with E-state index in [1.54, 1.807) is 6.08 Å². The summed E-state index contributed by atoms with van der Waals surface area (Å²) in [5.41, 5.74) is 0. The molecule has 0 bridgehead atoms. The Hall–Kier alpha value is -1.79. The highest BCUT2D eigenvalue weighted by Crippen LogP contribution is 2.30. The molecule has 12 atom stereocenters. The topological polar surface area (TPSA) is 228 Å². The molecule has 2 aliphatic heterocycles. The first-order chi connectivity index (χ1) is 28.1. The minimum atomic E-state index is -1.79. The van der Waals surface area contributed by atoms with E-state index in [0.717, 1.165) is 51.4 Å². The summed E-state index contributed by atoms with van der Waals surface area (Å²) in [5, 5.41) is 86.3. The summed E-state index contributed by atoms with van der Waals surface area (Å²) in [6.45, 7) is 2.64. The number of allylic oxidation sites excluding steroid dienone is 5. The fourth-order valence-electron chi connectivity index (χ4n) is 7.09. The molecule has 0 aliphatic carbocycles. The van der Waals surface area contributed by atoms with Gasteiger partial charge in [0.1, 0.15) is 48.8 Å². The van der Waals surface area contributed by atoms with Gasteiger partial charge in [0, 0.05) is 6.42 Å². The number of amides is 1. The predicted octanol–water partition coefficient (Wildman–Crippen LogP) is 3.98. The molecule has 14 nitrogen and oxygen atoms in total. The molecule has 12 unspecified atom stereocenters. The summed E-state index contributed by atoms with van der Waals surface area (Å²) in [6, 6.07) is -0.931. The maximum Gasteiger partial charge on any atom is 0.220 e. The Morgan fingerprint density at radius 2 is 1.10 bits per heavy atom. The number of nitrogens with one attached hydrogen (secondary N) is 1. The van der Waals surface area contributed by atoms with Crippen LogP contribution in [0.1, 0.15) is 142 Å². The monoisotopic (exact) mass is 830 g/mol. The van der Waals surface area contributed by atoms with Crippen molar-refractivity contribution in [3.8, 4) is 0 Å². The van der Waals surface area contributed by atoms with Crippen molar-refractivity contribution in [3.05, 3.63) is 36.5 Å². The highest BCUT2D eigenvalue weighted by atomic mass is 16.7. The molecular weight excluding hydrogens is 750 g/mol. The zero-order valence-corrected chi connectivity index (χ0v) is 35.3. The average Bonchev–Trinajstić information content (AvgIpc) is 3.22. The maximum atomic E-state index is 13.1. The molecular formula is C44H79NO13. The van der Waals surface area contributed by atoms with E-state index in [9.17, 15) is 45.6 Å². The summed E-state index contributed by atoms with van der Waals surface area (Å²) >= 11 is 0. The van der Waals surface area contributed by atoms with Crippen LogP contribution >= 0.6 is 0 Å². The number of aliphatic hydroxyl groups excluding tert-OH is 8. The van der Waals surface area contributed by atoms with Crippen molar-refractivity contribution in [2.75, 3.05) is 19.8 Å². The molecule has 2 heterocycles. The van der Waals surface area contributed by atoms with Crippen LogP contribution in [0.15, 0.2) is 36.5 Å². The van der Waals surface area contributed by atoms with Crippen molar-refractivity contribution in [2.45, 2.75) is 216 Å². The molecule has 2 aliphatic rings. The second-order valence-electron chi connectivity index (χ2n) is 15.8. The van der Waals surface area contributed by atoms with Gasteiger partial charge in [-0.15, -0.1) is 0 Å². The van der Waals surface area contributed by atoms with Crippen molar-refractivity contribution < 1.29 is 64.6 Å². The van der Waals surface area contributed by atoms with Crippen LogP contribution in [-0.2, 0) is 23.7 Å². The van der Waals surface area contributed by atoms with Crippen molar-refractivity contribution in [3.63, 3.8) is 0 Å². The largest absolute Gasteiger partial charge is 0.394 e. The SMILES string of the molecule is CCC/C=C/CC/C=C/CC/C=C/C(O)C(COC1OC(CO)C(OC2OC(CO)C(O)C(O)C2O)C(O)C1O)NC(=O)CCCCCCCCCCCCCCC. The number of hydrogen-bond acceptors (Lipinski definition) is 13. The number of unbranched alkanes of at least 4 members (excludes halogenated alkanes) is 15. The Labute approximate surface area is 347 Å². The van der Waals surface area contributed by atoms with Crippen LogP contribution in [0.3, 0.4) is 0 Å². The molecule has 0 spiro atoms. The molecule has 2 fully saturated rings. The first-order valence-electron chi connectivity index (χ1n) is 22.2. The van der Waals surface area contributed by atoms with Gasteiger partial charge in [-0.2, -0.15) is 0 Å². The molecule has 0 saturated carbocycles. The lowest BCUT2D eigenvalue weighted by Crippen LogP contribution is -2.65. The normalized spacial score (nSPS) is 29.1. The molecule has 2 rings (SSSR count). The standard InChI is InChI=1S/C44H79NO13/c1-3-5-7-9-11-13-15-16-18-20-22-24-26-28-36(49)45-32(33(48)27-25-23-21-19-17-14-12-10-8-6-4-2)31-55-43-41(54)39(52)42(35(30-47)57-43)58-44-40(53)38(51)37(50)34(29-46)56-44/h8,10,17,19,25,27,32-35,37-44,46-48,50-54H,3-7,9,11-16,18,20-24,26,28-31H2,1-2H3,(H,45,49)/b10-8+,19-17+,27-25+. The number of ether oxygens (including phenoxy) is 4. The highest BCUT2D eigenvalue weighted by molar-refractivity contribution is 5.76. The van der Waals surface area contributed by atoms with Gasteiger partial charge in [0.15, 0.2) is 12.6 Å². The predicted molar refractivity (Wildman–Crippen MR) is 221 cm³/mol. The van der Waals surface area contributed by atoms with Crippen LogP contribution in [0.5, 0.6) is 0 Å². The minimum absolute atomic E-state index is 0.258. The molecule has 0 aromatic heterocycles. The Morgan fingerprint density at radius 1 is 0.603 bits per heavy atom. The van der Waals surface area contributed by atoms with E-state index >= 15 is 0 Å². The molecule has 9 N–H and O–H groups in total. The third-order valence-corrected chi connectivity index (χ3v) is 10.8. The fourth-order valence-corrected chi connectivity index (χ4v) is 7.09. The minimum Gasteiger partial charge on any atom is -0.394 e. The molecule has 2 saturated heterocycles. The van der Waals surface area contributed by atoms with Gasteiger partial charge in [0.05, 0.1) is 32.0 Å². The van der Waals surface area contributed by atoms with E-state index in [1.165, 1.54) is 57.8 Å². The van der Waals surface area contributed by atoms with E-state index in [0.29, 0.717) is 12.8 Å². The zero-order chi connectivity index (χ0) is 42.5. The summed E-state index contributed by atoms with van der Waals surface area (Å²) < 4.78 is 22.6. The zero-order valence-electron chi connectivity index (χ0n) is 35.3. The van der Waals surface area contributed by atoms with Gasteiger partial charge in [0.25, 0.3) is 0 Å². The highest BCUT2D eigenvalue weighted by Gasteiger charge is 2.50. The van der Waals surface area contributed by atoms with Gasteiger partial charge in [0.2, 0.25) is 5.91 Å². The lowest BCUT2D eigenvalue weighted by atomic mass is 9.97. The van der Waals surface area contributed by atoms with Crippen LogP contribution in [0.2, 0.25) is 0 Å². The molecule has 0 radical (unpaired) electrons. The van der Waals surface area contributed by atoms with Crippen LogP contribution < -0.4 is 5.32 Å². The van der Waals surface area contributed by atoms with Crippen molar-refractivity contribution in [1.82, 2.24) is 5.32 Å². The van der Waals surface area contributed by atoms with E-state index in [1.807, 2.05) is 6.08 Å². The second kappa shape index (κ2) is 32.0. The van der Waals surface area contributed by atoms with E-state index in [2.05, 4.69) is 43.5 Å². The number of carbonyl (C=O) groups is 1. The van der Waals surface area contributed by atoms with E-state index < -0.39 is 86.8 Å². The van der Waals surface area contributed by atoms with Gasteiger partial charge < -0.3 is 65.1 Å². The van der Waals surface area contributed by atoms with E-state index in [4.69, 9.17) is 18.9 Å². The van der Waals surface area contributed by atoms with Crippen molar-refractivity contribution in [2.24, 2.45) is 0 Å². The quantitative estimate of drug-likeness (QED) is 0.0346. The van der Waals surface area contributed by atoms with Crippen LogP contribution in [0.25, 0.3) is 0 Å². The molecule has 0 aromatic rings. The van der Waals surface area contributed by atoms with E-state index in [-0.39, 0.29) is 18.9 Å². The number of hydrogen-bond donors (Lipinski definition) is 9. The Morgan fingerprint density at radius 3 is 1.66 bits per heavy atom. The van der Waals surface area contributed by atoms with Gasteiger partial charge in [-0.25, -0.2) is 0 Å². The third-order valence-electron chi connectivity index (χ3n) is 10.8. The smallest absolute Gasteiger partial charge is 0.220 e. The number of rotatable bonds is 32. The first kappa shape index (κ1) is 52.3. The van der Waals surface area contributed by atoms with Crippen LogP contribution in [-0.4, -0.2) is 140 Å². The summed E-state index contributed by atoms with van der Waals surface area (Å²) in [5.74, 6) is -0.258. The van der Waals surface area contributed by atoms with Crippen molar-refractivity contribution >= 4 is 5.91 Å². The first-order valence-corrected chi connectivity index (χ1v) is 22.2. The summed E-state index contributed by atoms with van der Waals surface area (Å²) in [4.78, 5) is 13.1. The van der Waals surface area contributed by atoms with Gasteiger partial charge in [-0.1, -0.05) is 134 Å². The third kappa shape index (κ3) is 20.2. The Kier molecular flexibility index (Phi) is 28.9. The maximum absolute atomic E-state index is 13.1. The molecule has 58 heavy (non-hydrogen) atoms. The number of carbonyl (C=O) groups excluding carboxylic acids is 1. The van der Waals surface area contributed by atoms with Crippen LogP contribution in [0.4, 0.5) is 0 Å². The second-order valence-corrected chi connectivity index (χ2v) is 15.8. The lowest BCUT2D eigenvalue weighted by molar-refractivity contribution is -0.359. The molecule has 1 amide bonds. The van der Waals surface area contributed by atoms with Gasteiger partial charge in [-0.05, 0) is 38.5 Å².